The Morgan fingerprint density at radius 2 is 1.86 bits per heavy atom. The Morgan fingerprint density at radius 3 is 2.57 bits per heavy atom. The molecule has 0 radical (unpaired) electrons. The summed E-state index contributed by atoms with van der Waals surface area (Å²) in [5.74, 6) is 1.73. The van der Waals surface area contributed by atoms with Crippen LogP contribution in [0, 0.1) is 23.7 Å². The highest BCUT2D eigenvalue weighted by Crippen LogP contribution is 2.28. The Morgan fingerprint density at radius 1 is 1.12 bits per heavy atom. The molecule has 2 aromatic heterocycles. The van der Waals surface area contributed by atoms with E-state index in [0.717, 1.165) is 43.1 Å². The lowest BCUT2D eigenvalue weighted by Gasteiger charge is -2.33. The summed E-state index contributed by atoms with van der Waals surface area (Å²) in [6.07, 6.45) is 9.65. The number of piperidine rings is 1. The lowest BCUT2D eigenvalue weighted by molar-refractivity contribution is 0.0965. The molecule has 2 aliphatic rings. The highest BCUT2D eigenvalue weighted by Gasteiger charge is 2.25. The number of likely N-dealkylation sites (tertiary alicyclic amines) is 1. The Balaban J connectivity index is 1.30. The van der Waals surface area contributed by atoms with Crippen molar-refractivity contribution in [2.24, 2.45) is 17.1 Å². The molecule has 2 fully saturated rings. The predicted octanol–water partition coefficient (Wildman–Crippen LogP) is 4.38. The summed E-state index contributed by atoms with van der Waals surface area (Å²) < 4.78 is 0. The van der Waals surface area contributed by atoms with E-state index in [1.165, 1.54) is 44.9 Å². The third-order valence-electron chi connectivity index (χ3n) is 8.10. The zero-order chi connectivity index (χ0) is 29.9. The van der Waals surface area contributed by atoms with Gasteiger partial charge in [0.15, 0.2) is 5.82 Å². The second-order valence-electron chi connectivity index (χ2n) is 12.4. The van der Waals surface area contributed by atoms with Gasteiger partial charge < -0.3 is 31.6 Å². The molecular weight excluding hydrogens is 528 g/mol. The normalized spacial score (nSPS) is 17.0. The maximum Gasteiger partial charge on any atom is 0.256 e. The molecule has 222 valence electrons. The molecule has 1 amide bonds. The SMILES string of the molecule is Cc1ccc(C(=O)N/C(N)=C/C(=N)C(C)(C)C)cc1Nc1ncnc2cnc(N3CCC(CN4CCCC4)CC3)nc12. The summed E-state index contributed by atoms with van der Waals surface area (Å²) in [5, 5.41) is 14.2. The van der Waals surface area contributed by atoms with Gasteiger partial charge in [0.1, 0.15) is 23.2 Å². The molecule has 5 rings (SSSR count). The topological polar surface area (TPSA) is 149 Å². The van der Waals surface area contributed by atoms with Crippen LogP contribution in [0.15, 0.2) is 42.6 Å². The Labute approximate surface area is 247 Å². The Hall–Kier alpha value is -4.12. The quantitative estimate of drug-likeness (QED) is 0.289. The molecule has 0 spiro atoms. The number of amides is 1. The van der Waals surface area contributed by atoms with Crippen molar-refractivity contribution in [1.82, 2.24) is 30.2 Å². The Kier molecular flexibility index (Phi) is 8.67. The first-order valence-corrected chi connectivity index (χ1v) is 14.8. The monoisotopic (exact) mass is 570 g/mol. The van der Waals surface area contributed by atoms with Gasteiger partial charge in [0.25, 0.3) is 5.91 Å². The first kappa shape index (κ1) is 29.4. The van der Waals surface area contributed by atoms with Crippen LogP contribution < -0.4 is 21.3 Å². The largest absolute Gasteiger partial charge is 0.385 e. The average molecular weight is 571 g/mol. The van der Waals surface area contributed by atoms with Gasteiger partial charge in [0, 0.05) is 42.0 Å². The summed E-state index contributed by atoms with van der Waals surface area (Å²) in [5.41, 5.74) is 9.33. The van der Waals surface area contributed by atoms with Crippen LogP contribution in [0.1, 0.15) is 62.4 Å². The smallest absolute Gasteiger partial charge is 0.256 e. The standard InChI is InChI=1S/C31H42N10O/c1-20-7-8-22(29(42)38-26(33)16-25(32)31(2,3)4)15-23(20)37-28-27-24(35-19-36-28)17-34-30(39-27)41-13-9-21(10-14-41)18-40-11-5-6-12-40/h7-8,15-17,19,21,32H,5-6,9-14,18,33H2,1-4H3,(H,38,42)(H,35,36,37)/b26-16+,32-25?. The van der Waals surface area contributed by atoms with Crippen LogP contribution in [-0.2, 0) is 0 Å². The molecule has 42 heavy (non-hydrogen) atoms. The summed E-state index contributed by atoms with van der Waals surface area (Å²) in [6, 6.07) is 5.36. The van der Waals surface area contributed by atoms with E-state index in [-0.39, 0.29) is 17.1 Å². The number of hydrogen-bond acceptors (Lipinski definition) is 10. The van der Waals surface area contributed by atoms with Gasteiger partial charge in [-0.1, -0.05) is 26.8 Å². The molecule has 0 unspecified atom stereocenters. The highest BCUT2D eigenvalue weighted by molar-refractivity contribution is 6.00. The maximum atomic E-state index is 13.0. The molecular formula is C31H42N10O. The molecule has 0 aliphatic carbocycles. The minimum absolute atomic E-state index is 0.126. The first-order chi connectivity index (χ1) is 20.1. The number of benzene rings is 1. The van der Waals surface area contributed by atoms with E-state index in [1.54, 1.807) is 18.3 Å². The average Bonchev–Trinajstić information content (AvgIpc) is 3.47. The van der Waals surface area contributed by atoms with Gasteiger partial charge in [-0.05, 0) is 75.4 Å². The van der Waals surface area contributed by atoms with Crippen molar-refractivity contribution in [2.75, 3.05) is 42.9 Å². The van der Waals surface area contributed by atoms with Crippen molar-refractivity contribution < 1.29 is 4.79 Å². The van der Waals surface area contributed by atoms with Gasteiger partial charge in [-0.15, -0.1) is 0 Å². The number of aryl methyl sites for hydroxylation is 1. The fraction of sp³-hybridized carbons (Fsp3) is 0.484. The number of fused-ring (bicyclic) bond motifs is 1. The number of nitrogens with zero attached hydrogens (tertiary/aromatic N) is 6. The van der Waals surface area contributed by atoms with Crippen molar-refractivity contribution in [3.05, 3.63) is 53.7 Å². The number of carbonyl (C=O) groups excluding carboxylic acids is 1. The second kappa shape index (κ2) is 12.4. The van der Waals surface area contributed by atoms with Gasteiger partial charge in [0.2, 0.25) is 5.95 Å². The fourth-order valence-electron chi connectivity index (χ4n) is 5.37. The van der Waals surface area contributed by atoms with E-state index in [2.05, 4.69) is 35.4 Å². The van der Waals surface area contributed by atoms with E-state index in [9.17, 15) is 4.79 Å². The first-order valence-electron chi connectivity index (χ1n) is 14.8. The minimum Gasteiger partial charge on any atom is -0.385 e. The molecule has 3 aromatic rings. The molecule has 0 saturated carbocycles. The van der Waals surface area contributed by atoms with Gasteiger partial charge >= 0.3 is 0 Å². The molecule has 2 aliphatic heterocycles. The second-order valence-corrected chi connectivity index (χ2v) is 12.4. The number of hydrogen-bond donors (Lipinski definition) is 4. The van der Waals surface area contributed by atoms with Crippen LogP contribution in [0.2, 0.25) is 0 Å². The van der Waals surface area contributed by atoms with Crippen LogP contribution >= 0.6 is 0 Å². The van der Waals surface area contributed by atoms with Crippen LogP contribution in [0.3, 0.4) is 0 Å². The molecule has 11 heteroatoms. The lowest BCUT2D eigenvalue weighted by atomic mass is 9.90. The summed E-state index contributed by atoms with van der Waals surface area (Å²) in [7, 11) is 0. The molecule has 0 bridgehead atoms. The number of allylic oxidation sites excluding steroid dienone is 1. The number of nitrogens with one attached hydrogen (secondary N) is 3. The van der Waals surface area contributed by atoms with Crippen molar-refractivity contribution in [3.8, 4) is 0 Å². The van der Waals surface area contributed by atoms with Crippen molar-refractivity contribution in [1.29, 1.82) is 5.41 Å². The van der Waals surface area contributed by atoms with E-state index in [1.807, 2.05) is 33.8 Å². The van der Waals surface area contributed by atoms with E-state index in [4.69, 9.17) is 16.1 Å². The minimum atomic E-state index is -0.371. The summed E-state index contributed by atoms with van der Waals surface area (Å²) >= 11 is 0. The van der Waals surface area contributed by atoms with Gasteiger partial charge in [-0.2, -0.15) is 0 Å². The fourth-order valence-corrected chi connectivity index (χ4v) is 5.37. The zero-order valence-corrected chi connectivity index (χ0v) is 25.1. The van der Waals surface area contributed by atoms with Crippen LogP contribution in [-0.4, -0.2) is 69.2 Å². The van der Waals surface area contributed by atoms with Crippen LogP contribution in [0.4, 0.5) is 17.5 Å². The summed E-state index contributed by atoms with van der Waals surface area (Å²) in [4.78, 5) is 36.2. The number of aromatic nitrogens is 4. The molecule has 2 saturated heterocycles. The van der Waals surface area contributed by atoms with Gasteiger partial charge in [-0.25, -0.2) is 19.9 Å². The van der Waals surface area contributed by atoms with Crippen molar-refractivity contribution in [2.45, 2.75) is 53.4 Å². The van der Waals surface area contributed by atoms with Gasteiger partial charge in [0.05, 0.1) is 6.20 Å². The third kappa shape index (κ3) is 7.02. The molecule has 11 nitrogen and oxygen atoms in total. The number of nitrogens with two attached hydrogens (primary N) is 1. The zero-order valence-electron chi connectivity index (χ0n) is 25.1. The Bertz CT molecular complexity index is 1480. The molecule has 1 aromatic carbocycles. The van der Waals surface area contributed by atoms with Crippen molar-refractivity contribution in [3.63, 3.8) is 0 Å². The highest BCUT2D eigenvalue weighted by atomic mass is 16.1. The predicted molar refractivity (Wildman–Crippen MR) is 167 cm³/mol. The molecule has 0 atom stereocenters. The number of carbonyl (C=O) groups is 1. The number of anilines is 3. The van der Waals surface area contributed by atoms with Crippen LogP contribution in [0.5, 0.6) is 0 Å². The van der Waals surface area contributed by atoms with Crippen LogP contribution in [0.25, 0.3) is 11.0 Å². The van der Waals surface area contributed by atoms with E-state index >= 15 is 0 Å². The van der Waals surface area contributed by atoms with Crippen molar-refractivity contribution >= 4 is 40.1 Å². The maximum absolute atomic E-state index is 13.0. The molecule has 4 heterocycles. The van der Waals surface area contributed by atoms with E-state index in [0.29, 0.717) is 34.1 Å². The lowest BCUT2D eigenvalue weighted by Crippen LogP contribution is -2.38. The van der Waals surface area contributed by atoms with E-state index < -0.39 is 0 Å². The third-order valence-corrected chi connectivity index (χ3v) is 8.10. The summed E-state index contributed by atoms with van der Waals surface area (Å²) in [6.45, 7) is 13.3. The number of rotatable bonds is 8. The van der Waals surface area contributed by atoms with Gasteiger partial charge in [-0.3, -0.25) is 4.79 Å². The molecule has 5 N–H and O–H groups in total.